The number of nitrogens with zero attached hydrogens (tertiary/aromatic N) is 2. The van der Waals surface area contributed by atoms with Crippen LogP contribution in [0.1, 0.15) is 31.2 Å². The largest absolute Gasteiger partial charge is 0.491 e. The Balaban J connectivity index is 1.34. The van der Waals surface area contributed by atoms with Gasteiger partial charge in [-0.3, -0.25) is 4.79 Å². The number of likely N-dealkylation sites (tertiary alicyclic amines) is 2. The van der Waals surface area contributed by atoms with E-state index in [2.05, 4.69) is 5.32 Å². The van der Waals surface area contributed by atoms with E-state index in [1.807, 2.05) is 42.5 Å². The molecule has 2 heterocycles. The van der Waals surface area contributed by atoms with Gasteiger partial charge in [-0.1, -0.05) is 41.9 Å². The summed E-state index contributed by atoms with van der Waals surface area (Å²) in [5.41, 5.74) is 0.941. The van der Waals surface area contributed by atoms with Crippen LogP contribution in [0.3, 0.4) is 0 Å². The third kappa shape index (κ3) is 5.78. The zero-order valence-electron chi connectivity index (χ0n) is 18.5. The molecule has 2 aromatic rings. The minimum Gasteiger partial charge on any atom is -0.491 e. The van der Waals surface area contributed by atoms with Gasteiger partial charge in [0.15, 0.2) is 0 Å². The number of aliphatic hydroxyl groups is 1. The topological polar surface area (TPSA) is 82.1 Å². The number of benzene rings is 2. The van der Waals surface area contributed by atoms with Crippen molar-refractivity contribution in [2.45, 2.75) is 50.4 Å². The second-order valence-electron chi connectivity index (χ2n) is 8.57. The fourth-order valence-electron chi connectivity index (χ4n) is 4.61. The monoisotopic (exact) mass is 471 g/mol. The number of hydrogen-bond acceptors (Lipinski definition) is 4. The average molecular weight is 472 g/mol. The van der Waals surface area contributed by atoms with Gasteiger partial charge in [-0.05, 0) is 55.5 Å². The van der Waals surface area contributed by atoms with Crippen LogP contribution in [0.25, 0.3) is 0 Å². The van der Waals surface area contributed by atoms with Crippen LogP contribution >= 0.6 is 11.6 Å². The second kappa shape index (κ2) is 10.9. The van der Waals surface area contributed by atoms with Crippen molar-refractivity contribution in [2.24, 2.45) is 0 Å². The number of hydrogen-bond donors (Lipinski definition) is 2. The summed E-state index contributed by atoms with van der Waals surface area (Å²) < 4.78 is 5.70. The first kappa shape index (κ1) is 23.4. The van der Waals surface area contributed by atoms with Gasteiger partial charge in [0.25, 0.3) is 0 Å². The summed E-state index contributed by atoms with van der Waals surface area (Å²) in [6, 6.07) is 15.6. The molecule has 2 N–H and O–H groups in total. The molecule has 0 saturated carbocycles. The Morgan fingerprint density at radius 1 is 1.03 bits per heavy atom. The van der Waals surface area contributed by atoms with Gasteiger partial charge in [-0.15, -0.1) is 0 Å². The normalized spacial score (nSPS) is 21.2. The molecule has 2 aliphatic heterocycles. The molecule has 8 heteroatoms. The first-order chi connectivity index (χ1) is 16.0. The Kier molecular flexibility index (Phi) is 7.73. The lowest BCUT2D eigenvalue weighted by atomic mass is 10.1. The van der Waals surface area contributed by atoms with Crippen molar-refractivity contribution in [3.8, 4) is 5.75 Å². The number of aliphatic hydroxyl groups excluding tert-OH is 1. The lowest BCUT2D eigenvalue weighted by Gasteiger charge is -2.33. The number of halogens is 1. The van der Waals surface area contributed by atoms with Gasteiger partial charge in [0.1, 0.15) is 24.5 Å². The van der Waals surface area contributed by atoms with Crippen molar-refractivity contribution in [1.82, 2.24) is 15.1 Å². The van der Waals surface area contributed by atoms with Gasteiger partial charge in [0.05, 0.1) is 6.04 Å². The summed E-state index contributed by atoms with van der Waals surface area (Å²) in [6.45, 7) is 1.62. The van der Waals surface area contributed by atoms with Crippen molar-refractivity contribution in [1.29, 1.82) is 0 Å². The smallest absolute Gasteiger partial charge is 0.318 e. The van der Waals surface area contributed by atoms with Crippen LogP contribution < -0.4 is 10.1 Å². The first-order valence-corrected chi connectivity index (χ1v) is 11.9. The van der Waals surface area contributed by atoms with Gasteiger partial charge >= 0.3 is 6.03 Å². The molecule has 33 heavy (non-hydrogen) atoms. The fourth-order valence-corrected chi connectivity index (χ4v) is 4.74. The Morgan fingerprint density at radius 2 is 1.73 bits per heavy atom. The summed E-state index contributed by atoms with van der Waals surface area (Å²) in [5.74, 6) is 0.599. The minimum atomic E-state index is -0.787. The number of carbonyl (C=O) groups is 2. The highest BCUT2D eigenvalue weighted by molar-refractivity contribution is 6.30. The number of para-hydroxylation sites is 1. The fraction of sp³-hybridized carbons (Fsp3) is 0.440. The molecule has 2 aliphatic rings. The molecule has 0 spiro atoms. The highest BCUT2D eigenvalue weighted by Gasteiger charge is 2.42. The predicted octanol–water partition coefficient (Wildman–Crippen LogP) is 3.44. The number of urea groups is 1. The molecule has 2 saturated heterocycles. The standard InChI is InChI=1S/C25H30ClN3O4/c26-19-12-10-18(11-13-19)16-27-25(32)29-15-5-9-22(29)24(31)28-14-4-8-21(28)23(30)17-33-20-6-2-1-3-7-20/h1-3,6-7,10-13,21-23,30H,4-5,8-9,14-17H2,(H,27,32)/t21-,22-,23?/m0/s1. The molecule has 1 unspecified atom stereocenters. The Labute approximate surface area is 199 Å². The van der Waals surface area contributed by atoms with Crippen molar-refractivity contribution in [3.05, 3.63) is 65.2 Å². The summed E-state index contributed by atoms with van der Waals surface area (Å²) >= 11 is 5.92. The lowest BCUT2D eigenvalue weighted by Crippen LogP contribution is -2.54. The average Bonchev–Trinajstić information content (AvgIpc) is 3.52. The number of rotatable bonds is 7. The quantitative estimate of drug-likeness (QED) is 0.648. The molecule has 3 amide bonds. The summed E-state index contributed by atoms with van der Waals surface area (Å²) in [6.07, 6.45) is 2.18. The van der Waals surface area contributed by atoms with Crippen molar-refractivity contribution < 1.29 is 19.4 Å². The maximum absolute atomic E-state index is 13.4. The molecule has 0 radical (unpaired) electrons. The zero-order chi connectivity index (χ0) is 23.2. The lowest BCUT2D eigenvalue weighted by molar-refractivity contribution is -0.138. The second-order valence-corrected chi connectivity index (χ2v) is 9.01. The number of nitrogens with one attached hydrogen (secondary N) is 1. The van der Waals surface area contributed by atoms with E-state index in [0.29, 0.717) is 36.8 Å². The molecule has 0 aromatic heterocycles. The van der Waals surface area contributed by atoms with Gasteiger partial charge < -0.3 is 25.0 Å². The molecule has 0 aliphatic carbocycles. The molecule has 176 valence electrons. The summed E-state index contributed by atoms with van der Waals surface area (Å²) in [7, 11) is 0. The van der Waals surface area contributed by atoms with E-state index in [1.54, 1.807) is 21.9 Å². The Bertz CT molecular complexity index is 940. The Morgan fingerprint density at radius 3 is 2.48 bits per heavy atom. The third-order valence-electron chi connectivity index (χ3n) is 6.35. The molecule has 0 bridgehead atoms. The molecule has 2 aromatic carbocycles. The van der Waals surface area contributed by atoms with Crippen LogP contribution in [0.15, 0.2) is 54.6 Å². The predicted molar refractivity (Wildman–Crippen MR) is 126 cm³/mol. The first-order valence-electron chi connectivity index (χ1n) is 11.5. The van der Waals surface area contributed by atoms with Crippen LogP contribution in [-0.2, 0) is 11.3 Å². The van der Waals surface area contributed by atoms with Gasteiger partial charge in [-0.2, -0.15) is 0 Å². The third-order valence-corrected chi connectivity index (χ3v) is 6.60. The molecule has 2 fully saturated rings. The molecular formula is C25H30ClN3O4. The van der Waals surface area contributed by atoms with Crippen molar-refractivity contribution in [3.63, 3.8) is 0 Å². The SMILES string of the molecule is O=C(NCc1ccc(Cl)cc1)N1CCC[C@H]1C(=O)N1CCC[C@H]1C(O)COc1ccccc1. The van der Waals surface area contributed by atoms with Crippen LogP contribution in [0.2, 0.25) is 5.02 Å². The Hall–Kier alpha value is -2.77. The van der Waals surface area contributed by atoms with Crippen LogP contribution in [0.4, 0.5) is 4.79 Å². The number of ether oxygens (including phenoxy) is 1. The van der Waals surface area contributed by atoms with E-state index < -0.39 is 12.1 Å². The number of amides is 3. The highest BCUT2D eigenvalue weighted by atomic mass is 35.5. The van der Waals surface area contributed by atoms with E-state index >= 15 is 0 Å². The van der Waals surface area contributed by atoms with Gasteiger partial charge in [-0.25, -0.2) is 4.79 Å². The van der Waals surface area contributed by atoms with Gasteiger partial charge in [0, 0.05) is 24.7 Å². The summed E-state index contributed by atoms with van der Waals surface area (Å²) in [4.78, 5) is 29.6. The van der Waals surface area contributed by atoms with E-state index in [1.165, 1.54) is 0 Å². The zero-order valence-corrected chi connectivity index (χ0v) is 19.3. The van der Waals surface area contributed by atoms with Crippen LogP contribution in [0.5, 0.6) is 5.75 Å². The minimum absolute atomic E-state index is 0.0876. The summed E-state index contributed by atoms with van der Waals surface area (Å²) in [5, 5.41) is 14.3. The van der Waals surface area contributed by atoms with Gasteiger partial charge in [0.2, 0.25) is 5.91 Å². The highest BCUT2D eigenvalue weighted by Crippen LogP contribution is 2.27. The maximum Gasteiger partial charge on any atom is 0.318 e. The van der Waals surface area contributed by atoms with E-state index in [0.717, 1.165) is 24.8 Å². The van der Waals surface area contributed by atoms with Crippen LogP contribution in [0, 0.1) is 0 Å². The molecule has 3 atom stereocenters. The molecular weight excluding hydrogens is 442 g/mol. The van der Waals surface area contributed by atoms with E-state index in [9.17, 15) is 14.7 Å². The van der Waals surface area contributed by atoms with E-state index in [-0.39, 0.29) is 24.6 Å². The van der Waals surface area contributed by atoms with Crippen molar-refractivity contribution in [2.75, 3.05) is 19.7 Å². The molecule has 7 nitrogen and oxygen atoms in total. The maximum atomic E-state index is 13.4. The number of carbonyl (C=O) groups excluding carboxylic acids is 2. The van der Waals surface area contributed by atoms with Crippen molar-refractivity contribution >= 4 is 23.5 Å². The van der Waals surface area contributed by atoms with Crippen LogP contribution in [-0.4, -0.2) is 64.7 Å². The van der Waals surface area contributed by atoms with E-state index in [4.69, 9.17) is 16.3 Å². The molecule has 4 rings (SSSR count).